The molecular weight excluding hydrogens is 270 g/mol. The maximum Gasteiger partial charge on any atom is 0.229 e. The summed E-state index contributed by atoms with van der Waals surface area (Å²) < 4.78 is 5.84. The molecular formula is C12H10BrNO2. The Balaban J connectivity index is 2.46. The first kappa shape index (κ1) is 11.1. The summed E-state index contributed by atoms with van der Waals surface area (Å²) in [5.74, 6) is 0.219. The van der Waals surface area contributed by atoms with Gasteiger partial charge in [0.1, 0.15) is 0 Å². The van der Waals surface area contributed by atoms with Gasteiger partial charge < -0.3 is 4.42 Å². The van der Waals surface area contributed by atoms with Gasteiger partial charge in [0.25, 0.3) is 0 Å². The van der Waals surface area contributed by atoms with E-state index in [1.54, 1.807) is 24.5 Å². The zero-order valence-corrected chi connectivity index (χ0v) is 10.3. The molecule has 0 saturated heterocycles. The zero-order valence-electron chi connectivity index (χ0n) is 8.74. The fourth-order valence-electron chi connectivity index (χ4n) is 1.51. The quantitative estimate of drug-likeness (QED) is 0.811. The Bertz CT molecular complexity index is 519. The predicted molar refractivity (Wildman–Crippen MR) is 63.5 cm³/mol. The van der Waals surface area contributed by atoms with Crippen molar-refractivity contribution < 1.29 is 9.21 Å². The Morgan fingerprint density at radius 2 is 2.31 bits per heavy atom. The van der Waals surface area contributed by atoms with Crippen molar-refractivity contribution >= 4 is 21.7 Å². The topological polar surface area (TPSA) is 43.1 Å². The molecule has 3 nitrogen and oxygen atoms in total. The minimum absolute atomic E-state index is 0.115. The molecule has 82 valence electrons. The lowest BCUT2D eigenvalue weighted by molar-refractivity contribution is 0.101. The number of aromatic nitrogens is 1. The van der Waals surface area contributed by atoms with E-state index in [1.165, 1.54) is 6.26 Å². The minimum atomic E-state index is -0.115. The van der Waals surface area contributed by atoms with E-state index in [2.05, 4.69) is 20.9 Å². The molecule has 0 aliphatic rings. The van der Waals surface area contributed by atoms with Gasteiger partial charge in [-0.05, 0) is 40.0 Å². The summed E-state index contributed by atoms with van der Waals surface area (Å²) in [5, 5.41) is 0. The number of rotatable bonds is 3. The molecule has 2 heterocycles. The minimum Gasteiger partial charge on any atom is -0.460 e. The average molecular weight is 280 g/mol. The van der Waals surface area contributed by atoms with Crippen LogP contribution in [0.3, 0.4) is 0 Å². The van der Waals surface area contributed by atoms with Gasteiger partial charge in [0, 0.05) is 18.0 Å². The molecule has 0 radical (unpaired) electrons. The van der Waals surface area contributed by atoms with Crippen molar-refractivity contribution in [2.24, 2.45) is 0 Å². The lowest BCUT2D eigenvalue weighted by atomic mass is 10.0. The lowest BCUT2D eigenvalue weighted by Crippen LogP contribution is -2.05. The van der Waals surface area contributed by atoms with Gasteiger partial charge in [-0.25, -0.2) is 0 Å². The highest BCUT2D eigenvalue weighted by Gasteiger charge is 2.18. The first-order valence-corrected chi connectivity index (χ1v) is 5.74. The molecule has 0 amide bonds. The molecule has 16 heavy (non-hydrogen) atoms. The van der Waals surface area contributed by atoms with Crippen molar-refractivity contribution in [2.45, 2.75) is 13.3 Å². The molecule has 0 fully saturated rings. The number of nitrogens with zero attached hydrogens (tertiary/aromatic N) is 1. The number of carbonyl (C=O) groups excluding carboxylic acids is 1. The lowest BCUT2D eigenvalue weighted by Gasteiger charge is -2.04. The number of hydrogen-bond acceptors (Lipinski definition) is 3. The number of aryl methyl sites for hydroxylation is 1. The Hall–Kier alpha value is -1.42. The van der Waals surface area contributed by atoms with E-state index in [0.29, 0.717) is 15.8 Å². The SMILES string of the molecule is CCc1cnccc1C(=O)c1occc1Br. The van der Waals surface area contributed by atoms with Gasteiger partial charge >= 0.3 is 0 Å². The van der Waals surface area contributed by atoms with Crippen molar-refractivity contribution in [3.05, 3.63) is 52.1 Å². The van der Waals surface area contributed by atoms with Crippen LogP contribution in [0.1, 0.15) is 28.6 Å². The molecule has 0 aliphatic heterocycles. The second kappa shape index (κ2) is 4.61. The van der Waals surface area contributed by atoms with E-state index in [1.807, 2.05) is 6.92 Å². The van der Waals surface area contributed by atoms with E-state index in [0.717, 1.165) is 12.0 Å². The molecule has 2 aromatic rings. The summed E-state index contributed by atoms with van der Waals surface area (Å²) in [5.41, 5.74) is 1.57. The maximum atomic E-state index is 12.2. The fraction of sp³-hybridized carbons (Fsp3) is 0.167. The third kappa shape index (κ3) is 1.93. The van der Waals surface area contributed by atoms with E-state index in [-0.39, 0.29) is 5.78 Å². The number of carbonyl (C=O) groups is 1. The van der Waals surface area contributed by atoms with Crippen LogP contribution in [0, 0.1) is 0 Å². The number of hydrogen-bond donors (Lipinski definition) is 0. The van der Waals surface area contributed by atoms with Crippen LogP contribution < -0.4 is 0 Å². The van der Waals surface area contributed by atoms with Crippen LogP contribution >= 0.6 is 15.9 Å². The van der Waals surface area contributed by atoms with Crippen molar-refractivity contribution in [3.8, 4) is 0 Å². The standard InChI is InChI=1S/C12H10BrNO2/c1-2-8-7-14-5-3-9(8)11(15)12-10(13)4-6-16-12/h3-7H,2H2,1H3. The first-order valence-electron chi connectivity index (χ1n) is 4.94. The van der Waals surface area contributed by atoms with Crippen LogP contribution in [-0.4, -0.2) is 10.8 Å². The molecule has 0 bridgehead atoms. The second-order valence-corrected chi connectivity index (χ2v) is 4.17. The van der Waals surface area contributed by atoms with Crippen molar-refractivity contribution in [2.75, 3.05) is 0 Å². The van der Waals surface area contributed by atoms with Crippen molar-refractivity contribution in [1.29, 1.82) is 0 Å². The molecule has 0 saturated carbocycles. The van der Waals surface area contributed by atoms with Crippen LogP contribution in [0.15, 0.2) is 39.7 Å². The first-order chi connectivity index (χ1) is 7.74. The van der Waals surface area contributed by atoms with Crippen molar-refractivity contribution in [1.82, 2.24) is 4.98 Å². The number of ketones is 1. The Morgan fingerprint density at radius 1 is 1.50 bits per heavy atom. The molecule has 2 aromatic heterocycles. The average Bonchev–Trinajstić information content (AvgIpc) is 2.74. The largest absolute Gasteiger partial charge is 0.460 e. The molecule has 0 N–H and O–H groups in total. The molecule has 0 aromatic carbocycles. The van der Waals surface area contributed by atoms with Gasteiger partial charge in [-0.3, -0.25) is 9.78 Å². The molecule has 0 spiro atoms. The predicted octanol–water partition coefficient (Wildman–Crippen LogP) is 3.23. The highest BCUT2D eigenvalue weighted by molar-refractivity contribution is 9.10. The zero-order chi connectivity index (χ0) is 11.5. The molecule has 0 aliphatic carbocycles. The Morgan fingerprint density at radius 3 is 2.94 bits per heavy atom. The second-order valence-electron chi connectivity index (χ2n) is 3.31. The van der Waals surface area contributed by atoms with Crippen LogP contribution in [-0.2, 0) is 6.42 Å². The maximum absolute atomic E-state index is 12.2. The molecule has 2 rings (SSSR count). The van der Waals surface area contributed by atoms with E-state index in [4.69, 9.17) is 4.42 Å². The number of halogens is 1. The molecule has 0 atom stereocenters. The van der Waals surface area contributed by atoms with Crippen molar-refractivity contribution in [3.63, 3.8) is 0 Å². The highest BCUT2D eigenvalue weighted by atomic mass is 79.9. The monoisotopic (exact) mass is 279 g/mol. The van der Waals surface area contributed by atoms with Gasteiger partial charge in [0.2, 0.25) is 5.78 Å². The summed E-state index contributed by atoms with van der Waals surface area (Å²) in [6.45, 7) is 1.99. The van der Waals surface area contributed by atoms with Gasteiger partial charge in [-0.15, -0.1) is 0 Å². The number of pyridine rings is 1. The summed E-state index contributed by atoms with van der Waals surface area (Å²) in [6.07, 6.45) is 5.59. The fourth-order valence-corrected chi connectivity index (χ4v) is 1.89. The Labute approximate surface area is 102 Å². The van der Waals surface area contributed by atoms with Gasteiger partial charge in [0.15, 0.2) is 5.76 Å². The van der Waals surface area contributed by atoms with E-state index in [9.17, 15) is 4.79 Å². The smallest absolute Gasteiger partial charge is 0.229 e. The normalized spacial score (nSPS) is 10.4. The third-order valence-corrected chi connectivity index (χ3v) is 2.98. The molecule has 4 heteroatoms. The summed E-state index contributed by atoms with van der Waals surface area (Å²) in [6, 6.07) is 3.43. The van der Waals surface area contributed by atoms with Gasteiger partial charge in [-0.2, -0.15) is 0 Å². The van der Waals surface area contributed by atoms with Crippen LogP contribution in [0.5, 0.6) is 0 Å². The highest BCUT2D eigenvalue weighted by Crippen LogP contribution is 2.22. The van der Waals surface area contributed by atoms with Crippen LogP contribution in [0.2, 0.25) is 0 Å². The summed E-state index contributed by atoms with van der Waals surface area (Å²) in [7, 11) is 0. The summed E-state index contributed by atoms with van der Waals surface area (Å²) in [4.78, 5) is 16.2. The van der Waals surface area contributed by atoms with Crippen LogP contribution in [0.4, 0.5) is 0 Å². The van der Waals surface area contributed by atoms with Crippen LogP contribution in [0.25, 0.3) is 0 Å². The summed E-state index contributed by atoms with van der Waals surface area (Å²) >= 11 is 3.28. The van der Waals surface area contributed by atoms with E-state index >= 15 is 0 Å². The molecule has 0 unspecified atom stereocenters. The van der Waals surface area contributed by atoms with Gasteiger partial charge in [-0.1, -0.05) is 6.92 Å². The van der Waals surface area contributed by atoms with E-state index < -0.39 is 0 Å². The number of furan rings is 1. The Kier molecular flexibility index (Phi) is 3.19. The third-order valence-electron chi connectivity index (χ3n) is 2.35. The van der Waals surface area contributed by atoms with Gasteiger partial charge in [0.05, 0.1) is 10.7 Å².